The van der Waals surface area contributed by atoms with Crippen molar-refractivity contribution in [2.45, 2.75) is 6.92 Å². The minimum absolute atomic E-state index is 0.620. The predicted molar refractivity (Wildman–Crippen MR) is 48.0 cm³/mol. The summed E-state index contributed by atoms with van der Waals surface area (Å²) in [6.45, 7) is 1.08. The van der Waals surface area contributed by atoms with Crippen LogP contribution in [0.3, 0.4) is 0 Å². The summed E-state index contributed by atoms with van der Waals surface area (Å²) in [5.74, 6) is -2.74. The third-order valence-electron chi connectivity index (χ3n) is 1.16. The van der Waals surface area contributed by atoms with Crippen LogP contribution in [0.25, 0.3) is 0 Å². The van der Waals surface area contributed by atoms with E-state index in [2.05, 4.69) is 0 Å². The van der Waals surface area contributed by atoms with Crippen molar-refractivity contribution in [3.63, 3.8) is 0 Å². The second kappa shape index (κ2) is 5.53. The average molecular weight is 217 g/mol. The van der Waals surface area contributed by atoms with Crippen LogP contribution in [0.15, 0.2) is 18.2 Å². The minimum atomic E-state index is -0.987. The Kier molecular flexibility index (Phi) is 4.73. The number of nitro groups is 1. The lowest BCUT2D eigenvalue weighted by atomic mass is 10.3. The molecule has 1 aromatic rings. The molecule has 0 atom stereocenters. The molecule has 1 aromatic carbocycles. The minimum Gasteiger partial charge on any atom is -0.500 e. The largest absolute Gasteiger partial charge is 0.500 e. The zero-order valence-corrected chi connectivity index (χ0v) is 7.68. The molecule has 0 saturated carbocycles. The highest BCUT2D eigenvalue weighted by atomic mass is 19.1. The quantitative estimate of drug-likeness (QED) is 0.548. The number of hydrogen-bond donors (Lipinski definition) is 2. The van der Waals surface area contributed by atoms with E-state index in [0.717, 1.165) is 25.1 Å². The number of nitro benzene ring substituents is 1. The molecule has 1 rings (SSSR count). The van der Waals surface area contributed by atoms with Gasteiger partial charge >= 0.3 is 5.69 Å². The molecule has 0 unspecified atom stereocenters. The van der Waals surface area contributed by atoms with Gasteiger partial charge in [-0.3, -0.25) is 14.9 Å². The van der Waals surface area contributed by atoms with Crippen molar-refractivity contribution < 1.29 is 24.3 Å². The fraction of sp³-hybridized carbons (Fsp3) is 0.125. The Morgan fingerprint density at radius 1 is 1.53 bits per heavy atom. The molecule has 7 heteroatoms. The third kappa shape index (κ3) is 4.55. The maximum absolute atomic E-state index is 12.4. The Balaban J connectivity index is 0.000000423. The van der Waals surface area contributed by atoms with E-state index in [1.54, 1.807) is 0 Å². The molecule has 0 aliphatic carbocycles. The maximum atomic E-state index is 12.4. The first-order valence-electron chi connectivity index (χ1n) is 3.67. The number of nitrogens with zero attached hydrogens (tertiary/aromatic N) is 1. The number of carbonyl (C=O) groups is 1. The average Bonchev–Trinajstić information content (AvgIpc) is 2.08. The number of phenolic OH excluding ortho intramolecular Hbond substituents is 1. The fourth-order valence-electron chi connectivity index (χ4n) is 0.651. The number of aromatic hydroxyl groups is 1. The van der Waals surface area contributed by atoms with Gasteiger partial charge in [0.05, 0.1) is 4.92 Å². The smallest absolute Gasteiger partial charge is 0.313 e. The molecule has 0 saturated heterocycles. The van der Waals surface area contributed by atoms with E-state index in [1.807, 2.05) is 0 Å². The van der Waals surface area contributed by atoms with Crippen molar-refractivity contribution >= 4 is 11.7 Å². The van der Waals surface area contributed by atoms with Gasteiger partial charge in [-0.25, -0.2) is 4.39 Å². The van der Waals surface area contributed by atoms with Gasteiger partial charge < -0.3 is 10.2 Å². The van der Waals surface area contributed by atoms with Crippen molar-refractivity contribution in [3.05, 3.63) is 34.1 Å². The van der Waals surface area contributed by atoms with Crippen LogP contribution in [0, 0.1) is 15.9 Å². The first-order valence-corrected chi connectivity index (χ1v) is 3.67. The van der Waals surface area contributed by atoms with E-state index in [0.29, 0.717) is 0 Å². The van der Waals surface area contributed by atoms with Crippen LogP contribution < -0.4 is 0 Å². The van der Waals surface area contributed by atoms with Crippen LogP contribution in [0.4, 0.5) is 10.1 Å². The molecule has 2 N–H and O–H groups in total. The van der Waals surface area contributed by atoms with E-state index in [9.17, 15) is 14.5 Å². The van der Waals surface area contributed by atoms with Crippen LogP contribution in [0.2, 0.25) is 0 Å². The predicted octanol–water partition coefficient (Wildman–Crippen LogP) is 1.53. The number of rotatable bonds is 1. The molecule has 0 fully saturated rings. The molecule has 0 aromatic heterocycles. The third-order valence-corrected chi connectivity index (χ3v) is 1.16. The van der Waals surface area contributed by atoms with Crippen molar-refractivity contribution in [3.8, 4) is 5.75 Å². The summed E-state index contributed by atoms with van der Waals surface area (Å²) < 4.78 is 12.4. The van der Waals surface area contributed by atoms with Crippen molar-refractivity contribution in [1.82, 2.24) is 0 Å². The summed E-state index contributed by atoms with van der Waals surface area (Å²) in [4.78, 5) is 18.2. The van der Waals surface area contributed by atoms with Gasteiger partial charge in [-0.1, -0.05) is 6.07 Å². The van der Waals surface area contributed by atoms with E-state index >= 15 is 0 Å². The SMILES string of the molecule is CC(=O)O.O=[N+]([O-])c1cccc(F)c1O. The van der Waals surface area contributed by atoms with Crippen LogP contribution in [0.5, 0.6) is 5.75 Å². The number of para-hydroxylation sites is 1. The van der Waals surface area contributed by atoms with Gasteiger partial charge in [0.1, 0.15) is 0 Å². The Morgan fingerprint density at radius 3 is 2.33 bits per heavy atom. The summed E-state index contributed by atoms with van der Waals surface area (Å²) in [6, 6.07) is 3.13. The molecule has 0 bridgehead atoms. The molecule has 82 valence electrons. The van der Waals surface area contributed by atoms with Gasteiger partial charge in [0.2, 0.25) is 5.75 Å². The van der Waals surface area contributed by atoms with Crippen molar-refractivity contribution in [2.75, 3.05) is 0 Å². The molecule has 15 heavy (non-hydrogen) atoms. The van der Waals surface area contributed by atoms with E-state index in [4.69, 9.17) is 15.0 Å². The molecule has 0 amide bonds. The van der Waals surface area contributed by atoms with Crippen LogP contribution in [-0.4, -0.2) is 21.1 Å². The normalized spacial score (nSPS) is 8.67. The van der Waals surface area contributed by atoms with Gasteiger partial charge in [0.25, 0.3) is 5.97 Å². The molecule has 0 heterocycles. The van der Waals surface area contributed by atoms with Crippen LogP contribution >= 0.6 is 0 Å². The lowest BCUT2D eigenvalue weighted by Gasteiger charge is -1.94. The van der Waals surface area contributed by atoms with E-state index < -0.39 is 28.1 Å². The lowest BCUT2D eigenvalue weighted by Crippen LogP contribution is -1.89. The van der Waals surface area contributed by atoms with Crippen molar-refractivity contribution in [1.29, 1.82) is 0 Å². The summed E-state index contributed by atoms with van der Waals surface area (Å²) in [6.07, 6.45) is 0. The van der Waals surface area contributed by atoms with Gasteiger partial charge in [0.15, 0.2) is 5.82 Å². The van der Waals surface area contributed by atoms with Crippen LogP contribution in [-0.2, 0) is 4.79 Å². The number of aliphatic carboxylic acids is 1. The number of halogens is 1. The Morgan fingerprint density at radius 2 is 2.00 bits per heavy atom. The summed E-state index contributed by atoms with van der Waals surface area (Å²) >= 11 is 0. The molecular weight excluding hydrogens is 209 g/mol. The Hall–Kier alpha value is -2.18. The Bertz CT molecular complexity index is 375. The Labute approximate surface area is 83.7 Å². The standard InChI is InChI=1S/C6H4FNO3.C2H4O2/c7-4-2-1-3-5(6(4)9)8(10)11;1-2(3)4/h1-3,9H;1H3,(H,3,4). The summed E-state index contributed by atoms with van der Waals surface area (Å²) in [5.41, 5.74) is -0.620. The first kappa shape index (κ1) is 12.8. The number of benzene rings is 1. The number of carboxylic acid groups (broad SMARTS) is 1. The molecule has 0 spiro atoms. The molecule has 6 nitrogen and oxygen atoms in total. The highest BCUT2D eigenvalue weighted by Crippen LogP contribution is 2.27. The highest BCUT2D eigenvalue weighted by molar-refractivity contribution is 5.62. The van der Waals surface area contributed by atoms with E-state index in [-0.39, 0.29) is 0 Å². The molecule has 0 aliphatic heterocycles. The summed E-state index contributed by atoms with van der Waals surface area (Å²) in [5, 5.41) is 26.2. The maximum Gasteiger partial charge on any atom is 0.313 e. The summed E-state index contributed by atoms with van der Waals surface area (Å²) in [7, 11) is 0. The molecular formula is C8H8FNO5. The second-order valence-corrected chi connectivity index (χ2v) is 2.38. The number of phenols is 1. The lowest BCUT2D eigenvalue weighted by molar-refractivity contribution is -0.386. The van der Waals surface area contributed by atoms with Crippen LogP contribution in [0.1, 0.15) is 6.92 Å². The number of carboxylic acids is 1. The van der Waals surface area contributed by atoms with Crippen molar-refractivity contribution in [2.24, 2.45) is 0 Å². The second-order valence-electron chi connectivity index (χ2n) is 2.38. The molecule has 0 aliphatic rings. The monoisotopic (exact) mass is 217 g/mol. The van der Waals surface area contributed by atoms with Gasteiger partial charge in [-0.15, -0.1) is 0 Å². The van der Waals surface area contributed by atoms with Gasteiger partial charge in [-0.05, 0) is 6.07 Å². The zero-order chi connectivity index (χ0) is 12.0. The first-order chi connectivity index (χ1) is 6.86. The number of hydrogen-bond acceptors (Lipinski definition) is 4. The topological polar surface area (TPSA) is 101 Å². The van der Waals surface area contributed by atoms with E-state index in [1.165, 1.54) is 0 Å². The van der Waals surface area contributed by atoms with Gasteiger partial charge in [-0.2, -0.15) is 0 Å². The van der Waals surface area contributed by atoms with Gasteiger partial charge in [0, 0.05) is 13.0 Å². The fourth-order valence-corrected chi connectivity index (χ4v) is 0.651. The molecule has 0 radical (unpaired) electrons. The zero-order valence-electron chi connectivity index (χ0n) is 7.68. The highest BCUT2D eigenvalue weighted by Gasteiger charge is 2.15.